The zero-order chi connectivity index (χ0) is 20.8. The van der Waals surface area contributed by atoms with E-state index in [9.17, 15) is 9.18 Å². The Kier molecular flexibility index (Phi) is 7.24. The van der Waals surface area contributed by atoms with Gasteiger partial charge in [-0.3, -0.25) is 9.78 Å². The molecule has 0 aliphatic heterocycles. The van der Waals surface area contributed by atoms with Gasteiger partial charge in [-0.05, 0) is 79.6 Å². The smallest absolute Gasteiger partial charge is 0.254 e. The molecule has 150 valence electrons. The lowest BCUT2D eigenvalue weighted by atomic mass is 10.0. The maximum Gasteiger partial charge on any atom is 0.254 e. The van der Waals surface area contributed by atoms with Crippen molar-refractivity contribution < 1.29 is 9.18 Å². The van der Waals surface area contributed by atoms with Crippen LogP contribution in [0.3, 0.4) is 0 Å². The summed E-state index contributed by atoms with van der Waals surface area (Å²) in [5.41, 5.74) is 1.41. The molecule has 3 aromatic rings. The van der Waals surface area contributed by atoms with E-state index < -0.39 is 5.82 Å². The third-order valence-electron chi connectivity index (χ3n) is 4.77. The van der Waals surface area contributed by atoms with Crippen LogP contribution in [0.1, 0.15) is 36.3 Å². The minimum atomic E-state index is -0.506. The van der Waals surface area contributed by atoms with Crippen LogP contribution in [-0.4, -0.2) is 38.3 Å². The molecule has 1 aromatic carbocycles. The van der Waals surface area contributed by atoms with Gasteiger partial charge in [0, 0.05) is 40.4 Å². The Bertz CT molecular complexity index is 966. The molecule has 0 fully saturated rings. The lowest BCUT2D eigenvalue weighted by Crippen LogP contribution is -2.39. The fourth-order valence-electron chi connectivity index (χ4n) is 3.23. The highest BCUT2D eigenvalue weighted by Gasteiger charge is 2.25. The fourth-order valence-corrected chi connectivity index (χ4v) is 3.55. The quantitative estimate of drug-likeness (QED) is 0.436. The second-order valence-corrected chi connectivity index (χ2v) is 7.93. The zero-order valence-corrected chi connectivity index (χ0v) is 18.5. The predicted octanol–water partition coefficient (Wildman–Crippen LogP) is 4.77. The predicted molar refractivity (Wildman–Crippen MR) is 119 cm³/mol. The topological polar surface area (TPSA) is 59.0 Å². The van der Waals surface area contributed by atoms with Crippen molar-refractivity contribution in [2.75, 3.05) is 6.54 Å². The molecule has 0 unspecified atom stereocenters. The van der Waals surface area contributed by atoms with Crippen molar-refractivity contribution in [3.63, 3.8) is 0 Å². The molecule has 3 rings (SSSR count). The second kappa shape index (κ2) is 9.87. The molecule has 5 nitrogen and oxygen atoms in total. The summed E-state index contributed by atoms with van der Waals surface area (Å²) in [4.78, 5) is 27.8. The minimum absolute atomic E-state index is 0.0265. The Morgan fingerprint density at radius 2 is 1.90 bits per heavy atom. The van der Waals surface area contributed by atoms with Gasteiger partial charge in [-0.1, -0.05) is 6.07 Å². The van der Waals surface area contributed by atoms with Gasteiger partial charge in [0.1, 0.15) is 5.82 Å². The molecule has 0 N–H and O–H groups in total. The van der Waals surface area contributed by atoms with Gasteiger partial charge in [-0.2, -0.15) is 0 Å². The van der Waals surface area contributed by atoms with Crippen LogP contribution in [-0.2, 0) is 6.42 Å². The first kappa shape index (κ1) is 21.3. The molecule has 2 heterocycles. The van der Waals surface area contributed by atoms with Gasteiger partial charge in [-0.25, -0.2) is 14.4 Å². The molecule has 0 aliphatic rings. The van der Waals surface area contributed by atoms with Gasteiger partial charge < -0.3 is 4.90 Å². The summed E-state index contributed by atoms with van der Waals surface area (Å²) in [7, 11) is 0. The number of aryl methyl sites for hydroxylation is 1. The number of carbonyl (C=O) groups excluding carboxylic acids is 1. The average Bonchev–Trinajstić information content (AvgIpc) is 2.74. The molecule has 0 spiro atoms. The van der Waals surface area contributed by atoms with E-state index in [-0.39, 0.29) is 28.9 Å². The SMILES string of the molecule is CCN(C(=O)c1cccc(F)c1-c1ncccn1)[C@@H](C)CCc1ccc(I)cn1. The van der Waals surface area contributed by atoms with Gasteiger partial charge in [0.15, 0.2) is 5.82 Å². The average molecular weight is 504 g/mol. The number of aromatic nitrogens is 3. The van der Waals surface area contributed by atoms with Crippen LogP contribution in [0.4, 0.5) is 4.39 Å². The minimum Gasteiger partial charge on any atom is -0.336 e. The Balaban J connectivity index is 1.82. The molecule has 0 radical (unpaired) electrons. The van der Waals surface area contributed by atoms with E-state index in [4.69, 9.17) is 0 Å². The Hall–Kier alpha value is -2.42. The summed E-state index contributed by atoms with van der Waals surface area (Å²) in [6.45, 7) is 4.45. The van der Waals surface area contributed by atoms with E-state index in [0.717, 1.165) is 22.1 Å². The van der Waals surface area contributed by atoms with Crippen LogP contribution in [0, 0.1) is 9.39 Å². The Labute approximate surface area is 183 Å². The molecule has 0 saturated carbocycles. The summed E-state index contributed by atoms with van der Waals surface area (Å²) >= 11 is 2.22. The third-order valence-corrected chi connectivity index (χ3v) is 5.41. The van der Waals surface area contributed by atoms with Crippen LogP contribution in [0.5, 0.6) is 0 Å². The highest BCUT2D eigenvalue weighted by molar-refractivity contribution is 14.1. The standard InChI is InChI=1S/C22H22FIN4O/c1-3-28(15(2)8-10-17-11-9-16(24)14-27-17)22(29)18-6-4-7-19(23)20(18)21-25-12-5-13-26-21/h4-7,9,11-15H,3,8,10H2,1-2H3/t15-/m0/s1. The number of pyridine rings is 1. The molecule has 0 aliphatic carbocycles. The van der Waals surface area contributed by atoms with Crippen LogP contribution in [0.2, 0.25) is 0 Å². The molecular formula is C22H22FIN4O. The Morgan fingerprint density at radius 3 is 2.55 bits per heavy atom. The molecule has 0 bridgehead atoms. The summed E-state index contributed by atoms with van der Waals surface area (Å²) in [6, 6.07) is 10.2. The van der Waals surface area contributed by atoms with Gasteiger partial charge in [-0.15, -0.1) is 0 Å². The zero-order valence-electron chi connectivity index (χ0n) is 16.3. The van der Waals surface area contributed by atoms with E-state index in [2.05, 4.69) is 37.5 Å². The van der Waals surface area contributed by atoms with Crippen molar-refractivity contribution in [2.24, 2.45) is 0 Å². The number of amides is 1. The van der Waals surface area contributed by atoms with Crippen molar-refractivity contribution >= 4 is 28.5 Å². The molecule has 1 atom stereocenters. The summed E-state index contributed by atoms with van der Waals surface area (Å²) in [5.74, 6) is -0.521. The first-order valence-corrected chi connectivity index (χ1v) is 10.6. The number of carbonyl (C=O) groups is 1. The molecule has 1 amide bonds. The van der Waals surface area contributed by atoms with Gasteiger partial charge in [0.05, 0.1) is 11.1 Å². The number of hydrogen-bond acceptors (Lipinski definition) is 4. The van der Waals surface area contributed by atoms with Gasteiger partial charge >= 0.3 is 0 Å². The largest absolute Gasteiger partial charge is 0.336 e. The molecule has 0 saturated heterocycles. The maximum absolute atomic E-state index is 14.6. The Morgan fingerprint density at radius 1 is 1.14 bits per heavy atom. The van der Waals surface area contributed by atoms with Crippen LogP contribution in [0.25, 0.3) is 11.4 Å². The summed E-state index contributed by atoms with van der Waals surface area (Å²) in [6.07, 6.45) is 6.44. The van der Waals surface area contributed by atoms with Crippen molar-refractivity contribution in [2.45, 2.75) is 32.7 Å². The third kappa shape index (κ3) is 5.14. The summed E-state index contributed by atoms with van der Waals surface area (Å²) < 4.78 is 15.7. The van der Waals surface area contributed by atoms with E-state index in [0.29, 0.717) is 6.54 Å². The van der Waals surface area contributed by atoms with E-state index in [1.54, 1.807) is 23.1 Å². The van der Waals surface area contributed by atoms with Crippen molar-refractivity contribution in [1.29, 1.82) is 0 Å². The van der Waals surface area contributed by atoms with E-state index in [1.165, 1.54) is 18.5 Å². The van der Waals surface area contributed by atoms with Crippen molar-refractivity contribution in [3.8, 4) is 11.4 Å². The molecule has 2 aromatic heterocycles. The fraction of sp³-hybridized carbons (Fsp3) is 0.273. The monoisotopic (exact) mass is 504 g/mol. The van der Waals surface area contributed by atoms with Crippen LogP contribution in [0.15, 0.2) is 55.0 Å². The molecular weight excluding hydrogens is 482 g/mol. The number of benzene rings is 1. The van der Waals surface area contributed by atoms with Crippen molar-refractivity contribution in [1.82, 2.24) is 19.9 Å². The summed E-state index contributed by atoms with van der Waals surface area (Å²) in [5, 5.41) is 0. The lowest BCUT2D eigenvalue weighted by Gasteiger charge is -2.29. The highest BCUT2D eigenvalue weighted by atomic mass is 127. The number of halogens is 2. The first-order chi connectivity index (χ1) is 14.0. The maximum atomic E-state index is 14.6. The normalized spacial score (nSPS) is 11.9. The van der Waals surface area contributed by atoms with E-state index in [1.807, 2.05) is 32.2 Å². The number of nitrogens with zero attached hydrogens (tertiary/aromatic N) is 4. The van der Waals surface area contributed by atoms with E-state index >= 15 is 0 Å². The first-order valence-electron chi connectivity index (χ1n) is 9.48. The van der Waals surface area contributed by atoms with Gasteiger partial charge in [0.2, 0.25) is 0 Å². The highest BCUT2D eigenvalue weighted by Crippen LogP contribution is 2.26. The van der Waals surface area contributed by atoms with Crippen LogP contribution >= 0.6 is 22.6 Å². The van der Waals surface area contributed by atoms with Crippen LogP contribution < -0.4 is 0 Å². The van der Waals surface area contributed by atoms with Gasteiger partial charge in [0.25, 0.3) is 5.91 Å². The lowest BCUT2D eigenvalue weighted by molar-refractivity contribution is 0.0696. The second-order valence-electron chi connectivity index (χ2n) is 6.68. The van der Waals surface area contributed by atoms with Crippen molar-refractivity contribution in [3.05, 3.63) is 75.6 Å². The molecule has 29 heavy (non-hydrogen) atoms. The molecule has 7 heteroatoms. The number of rotatable bonds is 7. The number of hydrogen-bond donors (Lipinski definition) is 0.